The normalized spacial score (nSPS) is 19.8. The van der Waals surface area contributed by atoms with Crippen LogP contribution < -0.4 is 10.6 Å². The maximum Gasteiger partial charge on any atom is 0.160 e. The number of hydrogen-bond acceptors (Lipinski definition) is 3. The molecule has 4 heteroatoms. The van der Waals surface area contributed by atoms with E-state index in [0.29, 0.717) is 6.54 Å². The molecule has 2 aromatic heterocycles. The van der Waals surface area contributed by atoms with Gasteiger partial charge in [-0.3, -0.25) is 0 Å². The van der Waals surface area contributed by atoms with E-state index in [1.165, 1.54) is 43.4 Å². The molecule has 1 aliphatic carbocycles. The lowest BCUT2D eigenvalue weighted by molar-refractivity contribution is 0.578. The zero-order valence-electron chi connectivity index (χ0n) is 11.9. The fourth-order valence-corrected chi connectivity index (χ4v) is 3.26. The number of nitrogens with two attached hydrogens (primary N) is 1. The summed E-state index contributed by atoms with van der Waals surface area (Å²) < 4.78 is 2.19. The Labute approximate surface area is 119 Å². The Morgan fingerprint density at radius 1 is 1.15 bits per heavy atom. The van der Waals surface area contributed by atoms with E-state index in [1.807, 2.05) is 0 Å². The van der Waals surface area contributed by atoms with E-state index in [1.54, 1.807) is 0 Å². The van der Waals surface area contributed by atoms with Crippen LogP contribution in [0.1, 0.15) is 49.3 Å². The highest BCUT2D eigenvalue weighted by atomic mass is 15.2. The standard InChI is InChI=1S/C16H22N4/c17-9-14-11-20-10-13(12-4-5-12)8-15(16(20)18-14)19-6-2-1-3-7-19/h8,10-12H,1-7,9,17H2. The smallest absolute Gasteiger partial charge is 0.160 e. The molecule has 2 aromatic rings. The van der Waals surface area contributed by atoms with Crippen molar-refractivity contribution in [2.24, 2.45) is 5.73 Å². The third-order valence-corrected chi connectivity index (χ3v) is 4.56. The number of piperidine rings is 1. The summed E-state index contributed by atoms with van der Waals surface area (Å²) in [5.74, 6) is 0.770. The highest BCUT2D eigenvalue weighted by Gasteiger charge is 2.26. The minimum absolute atomic E-state index is 0.514. The van der Waals surface area contributed by atoms with E-state index < -0.39 is 0 Å². The number of fused-ring (bicyclic) bond motifs is 1. The van der Waals surface area contributed by atoms with Crippen LogP contribution in [0.2, 0.25) is 0 Å². The van der Waals surface area contributed by atoms with Crippen molar-refractivity contribution in [2.45, 2.75) is 44.6 Å². The first-order valence-electron chi connectivity index (χ1n) is 7.81. The van der Waals surface area contributed by atoms with Gasteiger partial charge in [-0.1, -0.05) is 0 Å². The number of aromatic nitrogens is 2. The third kappa shape index (κ3) is 2.08. The van der Waals surface area contributed by atoms with E-state index in [9.17, 15) is 0 Å². The highest BCUT2D eigenvalue weighted by molar-refractivity contribution is 5.71. The number of pyridine rings is 1. The molecule has 0 aromatic carbocycles. The van der Waals surface area contributed by atoms with E-state index in [4.69, 9.17) is 10.7 Å². The molecular weight excluding hydrogens is 248 g/mol. The molecule has 4 nitrogen and oxygen atoms in total. The van der Waals surface area contributed by atoms with Gasteiger partial charge in [-0.2, -0.15) is 0 Å². The molecule has 0 amide bonds. The Bertz CT molecular complexity index is 621. The summed E-state index contributed by atoms with van der Waals surface area (Å²) in [5, 5.41) is 0. The van der Waals surface area contributed by atoms with Gasteiger partial charge >= 0.3 is 0 Å². The molecule has 0 bridgehead atoms. The molecular formula is C16H22N4. The Balaban J connectivity index is 1.83. The van der Waals surface area contributed by atoms with E-state index >= 15 is 0 Å². The van der Waals surface area contributed by atoms with Crippen LogP contribution in [0.3, 0.4) is 0 Å². The van der Waals surface area contributed by atoms with Gasteiger partial charge in [0.2, 0.25) is 0 Å². The van der Waals surface area contributed by atoms with Crippen LogP contribution in [0.4, 0.5) is 5.69 Å². The maximum absolute atomic E-state index is 5.76. The van der Waals surface area contributed by atoms with Crippen LogP contribution in [-0.2, 0) is 6.54 Å². The van der Waals surface area contributed by atoms with E-state index in [2.05, 4.69) is 27.8 Å². The van der Waals surface area contributed by atoms with Crippen LogP contribution in [0.25, 0.3) is 5.65 Å². The van der Waals surface area contributed by atoms with Gasteiger partial charge in [-0.25, -0.2) is 4.98 Å². The Hall–Kier alpha value is -1.55. The van der Waals surface area contributed by atoms with Gasteiger partial charge in [-0.15, -0.1) is 0 Å². The van der Waals surface area contributed by atoms with Gasteiger partial charge in [0, 0.05) is 32.0 Å². The Morgan fingerprint density at radius 3 is 2.65 bits per heavy atom. The molecule has 0 atom stereocenters. The van der Waals surface area contributed by atoms with Crippen LogP contribution in [0, 0.1) is 0 Å². The van der Waals surface area contributed by atoms with Crippen LogP contribution in [-0.4, -0.2) is 22.5 Å². The molecule has 1 aliphatic heterocycles. The number of rotatable bonds is 3. The summed E-state index contributed by atoms with van der Waals surface area (Å²) >= 11 is 0. The van der Waals surface area contributed by atoms with Crippen molar-refractivity contribution < 1.29 is 0 Å². The Morgan fingerprint density at radius 2 is 1.95 bits per heavy atom. The average molecular weight is 270 g/mol. The van der Waals surface area contributed by atoms with Crippen molar-refractivity contribution >= 4 is 11.3 Å². The summed E-state index contributed by atoms with van der Waals surface area (Å²) in [6.07, 6.45) is 11.0. The molecule has 4 rings (SSSR count). The zero-order valence-corrected chi connectivity index (χ0v) is 11.9. The fourth-order valence-electron chi connectivity index (χ4n) is 3.26. The van der Waals surface area contributed by atoms with Crippen molar-refractivity contribution in [3.05, 3.63) is 29.7 Å². The predicted octanol–water partition coefficient (Wildman–Crippen LogP) is 2.66. The van der Waals surface area contributed by atoms with Crippen LogP contribution in [0.5, 0.6) is 0 Å². The topological polar surface area (TPSA) is 46.6 Å². The van der Waals surface area contributed by atoms with Crippen LogP contribution in [0.15, 0.2) is 18.5 Å². The van der Waals surface area contributed by atoms with Crippen molar-refractivity contribution in [3.8, 4) is 0 Å². The molecule has 1 saturated carbocycles. The van der Waals surface area contributed by atoms with Gasteiger partial charge in [0.15, 0.2) is 5.65 Å². The lowest BCUT2D eigenvalue weighted by Crippen LogP contribution is -2.30. The molecule has 2 fully saturated rings. The number of anilines is 1. The van der Waals surface area contributed by atoms with Gasteiger partial charge in [0.25, 0.3) is 0 Å². The predicted molar refractivity (Wildman–Crippen MR) is 81.1 cm³/mol. The molecule has 106 valence electrons. The van der Waals surface area contributed by atoms with E-state index in [-0.39, 0.29) is 0 Å². The van der Waals surface area contributed by atoms with Gasteiger partial charge in [-0.05, 0) is 49.7 Å². The molecule has 20 heavy (non-hydrogen) atoms. The van der Waals surface area contributed by atoms with Gasteiger partial charge in [0.1, 0.15) is 0 Å². The Kier molecular flexibility index (Phi) is 2.91. The lowest BCUT2D eigenvalue weighted by atomic mass is 10.1. The molecule has 0 spiro atoms. The summed E-state index contributed by atoms with van der Waals surface area (Å²) in [7, 11) is 0. The minimum atomic E-state index is 0.514. The molecule has 0 unspecified atom stereocenters. The second kappa shape index (κ2) is 4.77. The summed E-state index contributed by atoms with van der Waals surface area (Å²) in [5.41, 5.74) is 10.6. The lowest BCUT2D eigenvalue weighted by Gasteiger charge is -2.29. The average Bonchev–Trinajstić information content (AvgIpc) is 3.26. The SMILES string of the molecule is NCc1cn2cc(C3CC3)cc(N3CCCCC3)c2n1. The van der Waals surface area contributed by atoms with Crippen molar-refractivity contribution in [1.29, 1.82) is 0 Å². The molecule has 3 heterocycles. The first-order valence-corrected chi connectivity index (χ1v) is 7.81. The third-order valence-electron chi connectivity index (χ3n) is 4.56. The van der Waals surface area contributed by atoms with Crippen molar-refractivity contribution in [3.63, 3.8) is 0 Å². The summed E-state index contributed by atoms with van der Waals surface area (Å²) in [6.45, 7) is 2.84. The second-order valence-corrected chi connectivity index (χ2v) is 6.15. The number of hydrogen-bond donors (Lipinski definition) is 1. The fraction of sp³-hybridized carbons (Fsp3) is 0.562. The largest absolute Gasteiger partial charge is 0.369 e. The molecule has 1 saturated heterocycles. The van der Waals surface area contributed by atoms with Crippen molar-refractivity contribution in [2.75, 3.05) is 18.0 Å². The number of nitrogens with zero attached hydrogens (tertiary/aromatic N) is 3. The minimum Gasteiger partial charge on any atom is -0.369 e. The highest BCUT2D eigenvalue weighted by Crippen LogP contribution is 2.42. The first-order chi connectivity index (χ1) is 9.85. The van der Waals surface area contributed by atoms with Crippen LogP contribution >= 0.6 is 0 Å². The first kappa shape index (κ1) is 12.2. The quantitative estimate of drug-likeness (QED) is 0.932. The zero-order chi connectivity index (χ0) is 13.5. The molecule has 0 radical (unpaired) electrons. The number of imidazole rings is 1. The van der Waals surface area contributed by atoms with Gasteiger partial charge in [0.05, 0.1) is 11.4 Å². The monoisotopic (exact) mass is 270 g/mol. The molecule has 2 N–H and O–H groups in total. The van der Waals surface area contributed by atoms with E-state index in [0.717, 1.165) is 30.3 Å². The second-order valence-electron chi connectivity index (χ2n) is 6.15. The van der Waals surface area contributed by atoms with Gasteiger partial charge < -0.3 is 15.0 Å². The maximum atomic E-state index is 5.76. The van der Waals surface area contributed by atoms with Crippen molar-refractivity contribution in [1.82, 2.24) is 9.38 Å². The summed E-state index contributed by atoms with van der Waals surface area (Å²) in [6, 6.07) is 2.38. The summed E-state index contributed by atoms with van der Waals surface area (Å²) in [4.78, 5) is 7.24. The molecule has 2 aliphatic rings.